The first-order chi connectivity index (χ1) is 14.0. The van der Waals surface area contributed by atoms with Crippen LogP contribution in [0.1, 0.15) is 48.3 Å². The predicted octanol–water partition coefficient (Wildman–Crippen LogP) is 4.07. The molecule has 0 unspecified atom stereocenters. The van der Waals surface area contributed by atoms with E-state index >= 15 is 0 Å². The van der Waals surface area contributed by atoms with Gasteiger partial charge in [-0.15, -0.1) is 0 Å². The number of amidine groups is 1. The lowest BCUT2D eigenvalue weighted by atomic mass is 9.80. The molecule has 7 heteroatoms. The maximum Gasteiger partial charge on any atom is 0.260 e. The molecule has 1 amide bonds. The van der Waals surface area contributed by atoms with Gasteiger partial charge in [-0.2, -0.15) is 0 Å². The Balaban J connectivity index is 0.00000117. The van der Waals surface area contributed by atoms with Crippen molar-refractivity contribution in [2.24, 2.45) is 5.92 Å². The Hall–Kier alpha value is -3.22. The maximum atomic E-state index is 12.8. The van der Waals surface area contributed by atoms with E-state index < -0.39 is 0 Å². The van der Waals surface area contributed by atoms with E-state index in [0.717, 1.165) is 18.4 Å². The van der Waals surface area contributed by atoms with E-state index in [-0.39, 0.29) is 17.8 Å². The Morgan fingerprint density at radius 2 is 2.00 bits per heavy atom. The highest BCUT2D eigenvalue weighted by Gasteiger charge is 2.35. The van der Waals surface area contributed by atoms with Crippen molar-refractivity contribution >= 4 is 23.9 Å². The van der Waals surface area contributed by atoms with Crippen LogP contribution in [0.25, 0.3) is 0 Å². The van der Waals surface area contributed by atoms with Crippen LogP contribution >= 0.6 is 0 Å². The molecule has 1 saturated carbocycles. The standard InChI is InChI=1S/C20H21N5O2.C2H6/c1-12-5-6-17-15(7-12)20(26)24-18-4-2-3-16(23-18)19(22)25(11-21)14-8-13(9-14)10-27-17;1-2/h2-7,11,13-14,21-22H,8-10H2,1H3,(H,23,24,26);1-2H3. The lowest BCUT2D eigenvalue weighted by Gasteiger charge is -2.41. The Bertz CT molecular complexity index is 921. The van der Waals surface area contributed by atoms with Gasteiger partial charge in [0, 0.05) is 6.04 Å². The number of rotatable bonds is 1. The fraction of sp³-hybridized carbons (Fsp3) is 0.364. The third kappa shape index (κ3) is 4.29. The van der Waals surface area contributed by atoms with Crippen molar-refractivity contribution in [1.29, 1.82) is 10.8 Å². The Labute approximate surface area is 171 Å². The highest BCUT2D eigenvalue weighted by Crippen LogP contribution is 2.33. The van der Waals surface area contributed by atoms with Gasteiger partial charge in [-0.25, -0.2) is 4.98 Å². The number of aromatic nitrogens is 1. The van der Waals surface area contributed by atoms with Crippen molar-refractivity contribution in [3.63, 3.8) is 0 Å². The third-order valence-electron chi connectivity index (χ3n) is 5.09. The summed E-state index contributed by atoms with van der Waals surface area (Å²) in [5.74, 6) is 1.13. The molecule has 5 rings (SSSR count). The van der Waals surface area contributed by atoms with Gasteiger partial charge in [-0.1, -0.05) is 31.5 Å². The summed E-state index contributed by atoms with van der Waals surface area (Å²) in [6, 6.07) is 10.8. The van der Waals surface area contributed by atoms with Gasteiger partial charge in [0.2, 0.25) is 0 Å². The molecule has 29 heavy (non-hydrogen) atoms. The van der Waals surface area contributed by atoms with Crippen LogP contribution in [-0.2, 0) is 0 Å². The normalized spacial score (nSPS) is 20.6. The van der Waals surface area contributed by atoms with Gasteiger partial charge in [-0.3, -0.25) is 15.6 Å². The number of hydrogen-bond donors (Lipinski definition) is 3. The van der Waals surface area contributed by atoms with Crippen LogP contribution in [0.4, 0.5) is 5.82 Å². The van der Waals surface area contributed by atoms with Crippen molar-refractivity contribution in [3.8, 4) is 5.75 Å². The first-order valence-electron chi connectivity index (χ1n) is 9.95. The molecule has 0 spiro atoms. The Morgan fingerprint density at radius 1 is 1.24 bits per heavy atom. The summed E-state index contributed by atoms with van der Waals surface area (Å²) >= 11 is 0. The van der Waals surface area contributed by atoms with Crippen LogP contribution in [0.5, 0.6) is 5.75 Å². The number of aryl methyl sites for hydroxylation is 1. The van der Waals surface area contributed by atoms with E-state index in [1.807, 2.05) is 39.0 Å². The molecule has 0 radical (unpaired) electrons. The predicted molar refractivity (Wildman–Crippen MR) is 114 cm³/mol. The summed E-state index contributed by atoms with van der Waals surface area (Å²) in [5, 5.41) is 18.9. The van der Waals surface area contributed by atoms with Gasteiger partial charge >= 0.3 is 0 Å². The average Bonchev–Trinajstić information content (AvgIpc) is 2.71. The zero-order valence-electron chi connectivity index (χ0n) is 17.0. The SMILES string of the molecule is CC.Cc1ccc2c(c1)C(=O)Nc1cccc(n1)C(=N)N(C=N)C1CC(CO2)C1. The first-order valence-corrected chi connectivity index (χ1v) is 9.95. The zero-order valence-corrected chi connectivity index (χ0v) is 17.0. The molecule has 152 valence electrons. The van der Waals surface area contributed by atoms with Gasteiger partial charge in [0.1, 0.15) is 17.3 Å². The lowest BCUT2D eigenvalue weighted by Crippen LogP contribution is -2.48. The first kappa shape index (κ1) is 20.5. The van der Waals surface area contributed by atoms with Crippen LogP contribution in [0, 0.1) is 23.7 Å². The summed E-state index contributed by atoms with van der Waals surface area (Å²) in [6.07, 6.45) is 2.86. The number of benzene rings is 1. The number of nitrogens with zero attached hydrogens (tertiary/aromatic N) is 2. The molecule has 4 bridgehead atoms. The van der Waals surface area contributed by atoms with E-state index in [4.69, 9.17) is 15.6 Å². The molecule has 1 aromatic heterocycles. The van der Waals surface area contributed by atoms with Crippen molar-refractivity contribution in [2.45, 2.75) is 39.7 Å². The second-order valence-electron chi connectivity index (χ2n) is 7.05. The van der Waals surface area contributed by atoms with Crippen molar-refractivity contribution < 1.29 is 9.53 Å². The van der Waals surface area contributed by atoms with Crippen LogP contribution < -0.4 is 10.1 Å². The number of carbonyl (C=O) groups is 1. The number of pyridine rings is 1. The van der Waals surface area contributed by atoms with E-state index in [1.54, 1.807) is 23.1 Å². The molecule has 2 aliphatic heterocycles. The van der Waals surface area contributed by atoms with Gasteiger partial charge < -0.3 is 15.0 Å². The minimum absolute atomic E-state index is 0.101. The molecular weight excluding hydrogens is 366 g/mol. The molecule has 1 fully saturated rings. The third-order valence-corrected chi connectivity index (χ3v) is 5.09. The molecule has 3 aliphatic rings. The van der Waals surface area contributed by atoms with Crippen LogP contribution in [-0.4, -0.2) is 40.6 Å². The van der Waals surface area contributed by atoms with E-state index in [1.165, 1.54) is 6.34 Å². The van der Waals surface area contributed by atoms with Crippen molar-refractivity contribution in [2.75, 3.05) is 11.9 Å². The molecule has 1 aromatic carbocycles. The number of hydrogen-bond acceptors (Lipinski definition) is 5. The van der Waals surface area contributed by atoms with Crippen molar-refractivity contribution in [3.05, 3.63) is 53.2 Å². The number of carbonyl (C=O) groups excluding carboxylic acids is 1. The number of fused-ring (bicyclic) bond motifs is 3. The minimum Gasteiger partial charge on any atom is -0.492 e. The van der Waals surface area contributed by atoms with Crippen LogP contribution in [0.2, 0.25) is 0 Å². The highest BCUT2D eigenvalue weighted by molar-refractivity contribution is 6.06. The summed E-state index contributed by atoms with van der Waals surface area (Å²) in [7, 11) is 0. The number of nitrogens with one attached hydrogen (secondary N) is 3. The fourth-order valence-electron chi connectivity index (χ4n) is 3.52. The van der Waals surface area contributed by atoms with Gasteiger partial charge in [0.25, 0.3) is 5.91 Å². The summed E-state index contributed by atoms with van der Waals surface area (Å²) in [6.45, 7) is 6.45. The topological polar surface area (TPSA) is 102 Å². The molecule has 0 saturated heterocycles. The second kappa shape index (κ2) is 8.86. The molecule has 3 N–H and O–H groups in total. The average molecular weight is 393 g/mol. The van der Waals surface area contributed by atoms with Crippen molar-refractivity contribution in [1.82, 2.24) is 9.88 Å². The number of anilines is 1. The van der Waals surface area contributed by atoms with Crippen LogP contribution in [0.3, 0.4) is 0 Å². The van der Waals surface area contributed by atoms with E-state index in [0.29, 0.717) is 35.3 Å². The fourth-order valence-corrected chi connectivity index (χ4v) is 3.52. The monoisotopic (exact) mass is 393 g/mol. The largest absolute Gasteiger partial charge is 0.492 e. The number of ether oxygens (including phenoxy) is 1. The van der Waals surface area contributed by atoms with E-state index in [9.17, 15) is 4.79 Å². The van der Waals surface area contributed by atoms with Gasteiger partial charge in [0.05, 0.1) is 18.5 Å². The lowest BCUT2D eigenvalue weighted by molar-refractivity contribution is 0.100. The van der Waals surface area contributed by atoms with Crippen LogP contribution in [0.15, 0.2) is 36.4 Å². The molecule has 1 aliphatic carbocycles. The Kier molecular flexibility index (Phi) is 6.26. The highest BCUT2D eigenvalue weighted by atomic mass is 16.5. The summed E-state index contributed by atoms with van der Waals surface area (Å²) in [5.41, 5.74) is 1.88. The Morgan fingerprint density at radius 3 is 2.72 bits per heavy atom. The van der Waals surface area contributed by atoms with E-state index in [2.05, 4.69) is 10.3 Å². The second-order valence-corrected chi connectivity index (χ2v) is 7.05. The smallest absolute Gasteiger partial charge is 0.260 e. The number of amides is 1. The molecule has 0 atom stereocenters. The quantitative estimate of drug-likeness (QED) is 0.502. The molecule has 7 nitrogen and oxygen atoms in total. The molecular formula is C22H27N5O2. The maximum absolute atomic E-state index is 12.8. The van der Waals surface area contributed by atoms with Gasteiger partial charge in [-0.05, 0) is 49.9 Å². The van der Waals surface area contributed by atoms with Gasteiger partial charge in [0.15, 0.2) is 5.84 Å². The minimum atomic E-state index is -0.294. The zero-order chi connectivity index (χ0) is 21.0. The molecule has 2 aromatic rings. The summed E-state index contributed by atoms with van der Waals surface area (Å²) in [4.78, 5) is 18.8. The molecule has 3 heterocycles. The summed E-state index contributed by atoms with van der Waals surface area (Å²) < 4.78 is 5.95.